The summed E-state index contributed by atoms with van der Waals surface area (Å²) in [5.41, 5.74) is 0.880. The standard InChI is InChI=1S/C18H23FN4O2/c1-22(8-7-16(24)14-5-3-2-4-6-14)18-20-13-15(19)17(21-18)23-9-11-25-12-10-23/h2-6,13,16,24H,7-12H2,1H3/t16-/m1/s1. The van der Waals surface area contributed by atoms with Gasteiger partial charge in [-0.05, 0) is 12.0 Å². The Balaban J connectivity index is 1.64. The number of rotatable bonds is 6. The van der Waals surface area contributed by atoms with Gasteiger partial charge in [0.2, 0.25) is 5.95 Å². The molecule has 0 spiro atoms. The molecule has 6 nitrogen and oxygen atoms in total. The van der Waals surface area contributed by atoms with E-state index in [1.807, 2.05) is 47.2 Å². The first kappa shape index (κ1) is 17.6. The lowest BCUT2D eigenvalue weighted by Gasteiger charge is -2.29. The number of hydrogen-bond donors (Lipinski definition) is 1. The lowest BCUT2D eigenvalue weighted by molar-refractivity contribution is 0.122. The lowest BCUT2D eigenvalue weighted by Crippen LogP contribution is -2.37. The Morgan fingerprint density at radius 1 is 1.28 bits per heavy atom. The fourth-order valence-corrected chi connectivity index (χ4v) is 2.79. The van der Waals surface area contributed by atoms with Crippen LogP contribution in [0.15, 0.2) is 36.5 Å². The Kier molecular flexibility index (Phi) is 5.78. The molecule has 1 fully saturated rings. The van der Waals surface area contributed by atoms with Crippen molar-refractivity contribution in [2.24, 2.45) is 0 Å². The zero-order valence-corrected chi connectivity index (χ0v) is 14.3. The molecule has 1 aliphatic rings. The molecule has 0 saturated carbocycles. The number of ether oxygens (including phenoxy) is 1. The number of aromatic nitrogens is 2. The van der Waals surface area contributed by atoms with Crippen LogP contribution < -0.4 is 9.80 Å². The second kappa shape index (κ2) is 8.22. The van der Waals surface area contributed by atoms with E-state index in [-0.39, 0.29) is 0 Å². The fraction of sp³-hybridized carbons (Fsp3) is 0.444. The van der Waals surface area contributed by atoms with E-state index in [0.29, 0.717) is 51.0 Å². The first-order valence-electron chi connectivity index (χ1n) is 8.44. The van der Waals surface area contributed by atoms with E-state index in [9.17, 15) is 9.50 Å². The average Bonchev–Trinajstić information content (AvgIpc) is 2.67. The van der Waals surface area contributed by atoms with Gasteiger partial charge in [-0.25, -0.2) is 9.37 Å². The molecule has 2 heterocycles. The van der Waals surface area contributed by atoms with Crippen molar-refractivity contribution in [1.29, 1.82) is 0 Å². The summed E-state index contributed by atoms with van der Waals surface area (Å²) in [6.07, 6.45) is 1.19. The van der Waals surface area contributed by atoms with Crippen molar-refractivity contribution in [3.05, 3.63) is 47.9 Å². The van der Waals surface area contributed by atoms with E-state index in [0.717, 1.165) is 5.56 Å². The highest BCUT2D eigenvalue weighted by molar-refractivity contribution is 5.45. The summed E-state index contributed by atoms with van der Waals surface area (Å²) >= 11 is 0. The minimum Gasteiger partial charge on any atom is -0.388 e. The number of morpholine rings is 1. The van der Waals surface area contributed by atoms with Crippen LogP contribution in [-0.4, -0.2) is 55.0 Å². The summed E-state index contributed by atoms with van der Waals surface area (Å²) in [4.78, 5) is 12.2. The quantitative estimate of drug-likeness (QED) is 0.863. The molecule has 0 aliphatic carbocycles. The molecule has 3 rings (SSSR count). The van der Waals surface area contributed by atoms with Crippen LogP contribution in [0.3, 0.4) is 0 Å². The zero-order chi connectivity index (χ0) is 17.6. The first-order valence-corrected chi connectivity index (χ1v) is 8.44. The largest absolute Gasteiger partial charge is 0.388 e. The van der Waals surface area contributed by atoms with E-state index >= 15 is 0 Å². The molecule has 7 heteroatoms. The molecule has 1 aromatic carbocycles. The molecule has 1 aromatic heterocycles. The molecule has 1 atom stereocenters. The lowest BCUT2D eigenvalue weighted by atomic mass is 10.1. The third-order valence-corrected chi connectivity index (χ3v) is 4.29. The normalized spacial score (nSPS) is 15.9. The van der Waals surface area contributed by atoms with E-state index < -0.39 is 11.9 Å². The number of aliphatic hydroxyl groups excluding tert-OH is 1. The van der Waals surface area contributed by atoms with Gasteiger partial charge < -0.3 is 19.6 Å². The Morgan fingerprint density at radius 3 is 2.72 bits per heavy atom. The molecule has 25 heavy (non-hydrogen) atoms. The maximum Gasteiger partial charge on any atom is 0.227 e. The first-order chi connectivity index (χ1) is 12.1. The minimum absolute atomic E-state index is 0.309. The summed E-state index contributed by atoms with van der Waals surface area (Å²) in [5.74, 6) is 0.329. The molecular formula is C18H23FN4O2. The summed E-state index contributed by atoms with van der Waals surface area (Å²) in [7, 11) is 1.84. The predicted octanol–water partition coefficient (Wildman–Crippen LogP) is 2.01. The molecule has 0 radical (unpaired) electrons. The third-order valence-electron chi connectivity index (χ3n) is 4.29. The average molecular weight is 346 g/mol. The predicted molar refractivity (Wildman–Crippen MR) is 94.3 cm³/mol. The van der Waals surface area contributed by atoms with Crippen LogP contribution in [0.25, 0.3) is 0 Å². The minimum atomic E-state index is -0.553. The molecule has 0 unspecified atom stereocenters. The van der Waals surface area contributed by atoms with Crippen LogP contribution in [0.5, 0.6) is 0 Å². The van der Waals surface area contributed by atoms with Gasteiger partial charge in [0.05, 0.1) is 25.5 Å². The van der Waals surface area contributed by atoms with Gasteiger partial charge in [-0.3, -0.25) is 0 Å². The third kappa shape index (κ3) is 4.43. The maximum absolute atomic E-state index is 14.1. The van der Waals surface area contributed by atoms with E-state index in [4.69, 9.17) is 4.74 Å². The van der Waals surface area contributed by atoms with Crippen LogP contribution in [0.2, 0.25) is 0 Å². The van der Waals surface area contributed by atoms with Crippen molar-refractivity contribution >= 4 is 11.8 Å². The highest BCUT2D eigenvalue weighted by Gasteiger charge is 2.19. The van der Waals surface area contributed by atoms with Gasteiger partial charge in [0, 0.05) is 26.7 Å². The van der Waals surface area contributed by atoms with Crippen molar-refractivity contribution in [3.63, 3.8) is 0 Å². The van der Waals surface area contributed by atoms with Crippen molar-refractivity contribution in [2.75, 3.05) is 49.7 Å². The van der Waals surface area contributed by atoms with Crippen molar-refractivity contribution in [1.82, 2.24) is 9.97 Å². The molecule has 1 saturated heterocycles. The van der Waals surface area contributed by atoms with E-state index in [2.05, 4.69) is 9.97 Å². The Hall–Kier alpha value is -2.25. The number of halogens is 1. The van der Waals surface area contributed by atoms with Crippen LogP contribution in [-0.2, 0) is 4.74 Å². The maximum atomic E-state index is 14.1. The number of anilines is 2. The Bertz CT molecular complexity index is 680. The summed E-state index contributed by atoms with van der Waals surface area (Å²) in [6.45, 7) is 2.92. The number of nitrogens with zero attached hydrogens (tertiary/aromatic N) is 4. The topological polar surface area (TPSA) is 61.7 Å². The number of hydrogen-bond acceptors (Lipinski definition) is 6. The number of aliphatic hydroxyl groups is 1. The molecule has 134 valence electrons. The van der Waals surface area contributed by atoms with Gasteiger partial charge in [0.1, 0.15) is 0 Å². The second-order valence-corrected chi connectivity index (χ2v) is 6.08. The van der Waals surface area contributed by atoms with Gasteiger partial charge in [-0.2, -0.15) is 4.98 Å². The molecule has 0 amide bonds. The Labute approximate surface area is 146 Å². The Morgan fingerprint density at radius 2 is 2.00 bits per heavy atom. The van der Waals surface area contributed by atoms with Crippen molar-refractivity contribution < 1.29 is 14.2 Å². The smallest absolute Gasteiger partial charge is 0.227 e. The highest BCUT2D eigenvalue weighted by atomic mass is 19.1. The van der Waals surface area contributed by atoms with Crippen LogP contribution in [0.1, 0.15) is 18.1 Å². The van der Waals surface area contributed by atoms with Gasteiger partial charge in [-0.1, -0.05) is 30.3 Å². The van der Waals surface area contributed by atoms with E-state index in [1.165, 1.54) is 6.20 Å². The monoisotopic (exact) mass is 346 g/mol. The van der Waals surface area contributed by atoms with Crippen LogP contribution in [0.4, 0.5) is 16.2 Å². The molecular weight excluding hydrogens is 323 g/mol. The molecule has 1 N–H and O–H groups in total. The molecule has 2 aromatic rings. The van der Waals surface area contributed by atoms with Gasteiger partial charge in [0.15, 0.2) is 11.6 Å². The second-order valence-electron chi connectivity index (χ2n) is 6.08. The van der Waals surface area contributed by atoms with Crippen molar-refractivity contribution in [3.8, 4) is 0 Å². The van der Waals surface area contributed by atoms with Crippen molar-refractivity contribution in [2.45, 2.75) is 12.5 Å². The summed E-state index contributed by atoms with van der Waals surface area (Å²) < 4.78 is 19.4. The fourth-order valence-electron chi connectivity index (χ4n) is 2.79. The zero-order valence-electron chi connectivity index (χ0n) is 14.3. The molecule has 0 bridgehead atoms. The van der Waals surface area contributed by atoms with Gasteiger partial charge >= 0.3 is 0 Å². The molecule has 1 aliphatic heterocycles. The highest BCUT2D eigenvalue weighted by Crippen LogP contribution is 2.21. The summed E-state index contributed by atoms with van der Waals surface area (Å²) in [6, 6.07) is 9.52. The van der Waals surface area contributed by atoms with Crippen LogP contribution >= 0.6 is 0 Å². The van der Waals surface area contributed by atoms with Gasteiger partial charge in [-0.15, -0.1) is 0 Å². The summed E-state index contributed by atoms with van der Waals surface area (Å²) in [5, 5.41) is 10.3. The van der Waals surface area contributed by atoms with Gasteiger partial charge in [0.25, 0.3) is 0 Å². The van der Waals surface area contributed by atoms with E-state index in [1.54, 1.807) is 0 Å². The van der Waals surface area contributed by atoms with Crippen LogP contribution in [0, 0.1) is 5.82 Å². The number of benzene rings is 1. The SMILES string of the molecule is CN(CC[C@@H](O)c1ccccc1)c1ncc(F)c(N2CCOCC2)n1.